The van der Waals surface area contributed by atoms with E-state index in [4.69, 9.17) is 4.74 Å². The zero-order valence-corrected chi connectivity index (χ0v) is 16.1. The number of hydrogen-bond donors (Lipinski definition) is 1. The van der Waals surface area contributed by atoms with Gasteiger partial charge in [0.1, 0.15) is 0 Å². The molecule has 1 unspecified atom stereocenters. The lowest BCUT2D eigenvalue weighted by Crippen LogP contribution is -2.61. The predicted octanol–water partition coefficient (Wildman–Crippen LogP) is 2.04. The molecule has 2 aromatic rings. The lowest BCUT2D eigenvalue weighted by atomic mass is 9.87. The topological polar surface area (TPSA) is 71.5 Å². The van der Waals surface area contributed by atoms with Gasteiger partial charge < -0.3 is 15.0 Å². The molecule has 6 heteroatoms. The number of morpholine rings is 1. The Morgan fingerprint density at radius 1 is 1.25 bits per heavy atom. The lowest BCUT2D eigenvalue weighted by molar-refractivity contribution is -0.166. The van der Waals surface area contributed by atoms with E-state index in [1.165, 1.54) is 0 Å². The van der Waals surface area contributed by atoms with Crippen molar-refractivity contribution in [2.24, 2.45) is 5.92 Å². The van der Waals surface area contributed by atoms with Gasteiger partial charge in [0.2, 0.25) is 5.91 Å². The first-order chi connectivity index (χ1) is 13.6. The fraction of sp³-hybridized carbons (Fsp3) is 0.409. The second-order valence-electron chi connectivity index (χ2n) is 7.53. The van der Waals surface area contributed by atoms with Crippen molar-refractivity contribution in [2.75, 3.05) is 26.7 Å². The van der Waals surface area contributed by atoms with E-state index in [2.05, 4.69) is 10.3 Å². The van der Waals surface area contributed by atoms with Gasteiger partial charge in [-0.2, -0.15) is 0 Å². The van der Waals surface area contributed by atoms with Crippen molar-refractivity contribution >= 4 is 11.8 Å². The summed E-state index contributed by atoms with van der Waals surface area (Å²) >= 11 is 0. The number of rotatable bonds is 5. The van der Waals surface area contributed by atoms with Crippen LogP contribution in [0, 0.1) is 5.92 Å². The predicted molar refractivity (Wildman–Crippen MR) is 105 cm³/mol. The van der Waals surface area contributed by atoms with Crippen LogP contribution in [0.15, 0.2) is 48.8 Å². The number of carbonyl (C=O) groups excluding carboxylic acids is 2. The second kappa shape index (κ2) is 7.72. The molecule has 1 aliphatic carbocycles. The maximum absolute atomic E-state index is 12.9. The van der Waals surface area contributed by atoms with Crippen LogP contribution >= 0.6 is 0 Å². The molecule has 2 amide bonds. The van der Waals surface area contributed by atoms with Crippen molar-refractivity contribution in [3.63, 3.8) is 0 Å². The Kier molecular flexibility index (Phi) is 5.13. The number of pyridine rings is 1. The summed E-state index contributed by atoms with van der Waals surface area (Å²) in [7, 11) is 1.61. The molecule has 2 fully saturated rings. The molecular formula is C22H25N3O3. The van der Waals surface area contributed by atoms with Crippen LogP contribution in [-0.2, 0) is 20.7 Å². The number of ether oxygens (including phenoxy) is 1. The molecule has 2 aliphatic rings. The van der Waals surface area contributed by atoms with Crippen LogP contribution in [0.1, 0.15) is 18.4 Å². The molecule has 1 saturated heterocycles. The number of likely N-dealkylation sites (N-methyl/N-ethyl adjacent to an activating group) is 1. The summed E-state index contributed by atoms with van der Waals surface area (Å²) in [5.74, 6) is 0.0853. The molecule has 28 heavy (non-hydrogen) atoms. The third-order valence-electron chi connectivity index (χ3n) is 5.53. The van der Waals surface area contributed by atoms with E-state index in [1.54, 1.807) is 13.2 Å². The smallest absolute Gasteiger partial charge is 0.254 e. The van der Waals surface area contributed by atoms with E-state index in [1.807, 2.05) is 47.5 Å². The Labute approximate surface area is 164 Å². The Balaban J connectivity index is 1.66. The third kappa shape index (κ3) is 3.64. The highest BCUT2D eigenvalue weighted by Gasteiger charge is 2.46. The highest BCUT2D eigenvalue weighted by molar-refractivity contribution is 5.88. The SMILES string of the molecule is CNC(=O)C1(Cc2ccccc2-c2cccnc2)CN(C(=O)C2CC2)CCO1. The average Bonchev–Trinajstić information content (AvgIpc) is 3.59. The number of nitrogens with one attached hydrogen (secondary N) is 1. The molecule has 4 rings (SSSR count). The van der Waals surface area contributed by atoms with Gasteiger partial charge in [-0.25, -0.2) is 0 Å². The fourth-order valence-electron chi connectivity index (χ4n) is 3.90. The van der Waals surface area contributed by atoms with Gasteiger partial charge in [0.15, 0.2) is 5.60 Å². The van der Waals surface area contributed by atoms with Crippen LogP contribution in [0.25, 0.3) is 11.1 Å². The van der Waals surface area contributed by atoms with Crippen LogP contribution in [0.4, 0.5) is 0 Å². The Hall–Kier alpha value is -2.73. The molecule has 6 nitrogen and oxygen atoms in total. The molecular weight excluding hydrogens is 354 g/mol. The van der Waals surface area contributed by atoms with E-state index >= 15 is 0 Å². The minimum atomic E-state index is -1.09. The van der Waals surface area contributed by atoms with Crippen LogP contribution < -0.4 is 5.32 Å². The quantitative estimate of drug-likeness (QED) is 0.863. The Morgan fingerprint density at radius 2 is 2.07 bits per heavy atom. The van der Waals surface area contributed by atoms with Crippen molar-refractivity contribution in [1.82, 2.24) is 15.2 Å². The van der Waals surface area contributed by atoms with E-state index in [-0.39, 0.29) is 24.3 Å². The van der Waals surface area contributed by atoms with Crippen LogP contribution in [0.5, 0.6) is 0 Å². The Bertz CT molecular complexity index is 866. The van der Waals surface area contributed by atoms with Gasteiger partial charge in [0, 0.05) is 43.9 Å². The van der Waals surface area contributed by atoms with Gasteiger partial charge in [-0.3, -0.25) is 14.6 Å². The van der Waals surface area contributed by atoms with Gasteiger partial charge in [-0.15, -0.1) is 0 Å². The molecule has 146 valence electrons. The first-order valence-electron chi connectivity index (χ1n) is 9.76. The fourth-order valence-corrected chi connectivity index (χ4v) is 3.90. The monoisotopic (exact) mass is 379 g/mol. The minimum Gasteiger partial charge on any atom is -0.361 e. The molecule has 0 radical (unpaired) electrons. The number of hydrogen-bond acceptors (Lipinski definition) is 4. The lowest BCUT2D eigenvalue weighted by Gasteiger charge is -2.41. The van der Waals surface area contributed by atoms with Crippen molar-refractivity contribution in [3.8, 4) is 11.1 Å². The summed E-state index contributed by atoms with van der Waals surface area (Å²) in [6.45, 7) is 1.18. The van der Waals surface area contributed by atoms with Gasteiger partial charge >= 0.3 is 0 Å². The van der Waals surface area contributed by atoms with E-state index in [0.29, 0.717) is 19.6 Å². The summed E-state index contributed by atoms with van der Waals surface area (Å²) in [5, 5.41) is 2.75. The highest BCUT2D eigenvalue weighted by Crippen LogP contribution is 2.34. The Morgan fingerprint density at radius 3 is 2.79 bits per heavy atom. The standard InChI is InChI=1S/C22H25N3O3/c1-23-21(27)22(15-25(11-12-28-22)20(26)16-8-9-16)13-17-5-2-3-7-19(17)18-6-4-10-24-14-18/h2-7,10,14,16H,8-9,11-13,15H2,1H3,(H,23,27). The van der Waals surface area contributed by atoms with Gasteiger partial charge in [0.25, 0.3) is 5.91 Å². The summed E-state index contributed by atoms with van der Waals surface area (Å²) in [5.41, 5.74) is 1.93. The van der Waals surface area contributed by atoms with Crippen molar-refractivity contribution in [1.29, 1.82) is 0 Å². The number of carbonyl (C=O) groups is 2. The molecule has 1 saturated carbocycles. The number of benzene rings is 1. The van der Waals surface area contributed by atoms with Crippen molar-refractivity contribution in [2.45, 2.75) is 24.9 Å². The number of aromatic nitrogens is 1. The third-order valence-corrected chi connectivity index (χ3v) is 5.53. The molecule has 1 N–H and O–H groups in total. The van der Waals surface area contributed by atoms with E-state index < -0.39 is 5.60 Å². The summed E-state index contributed by atoms with van der Waals surface area (Å²) in [6, 6.07) is 11.9. The van der Waals surface area contributed by atoms with E-state index in [9.17, 15) is 9.59 Å². The first kappa shape index (κ1) is 18.6. The van der Waals surface area contributed by atoms with Gasteiger partial charge in [-0.05, 0) is 30.0 Å². The van der Waals surface area contributed by atoms with Crippen LogP contribution in [0.3, 0.4) is 0 Å². The minimum absolute atomic E-state index is 0.128. The zero-order chi connectivity index (χ0) is 19.6. The van der Waals surface area contributed by atoms with Crippen LogP contribution in [-0.4, -0.2) is 54.0 Å². The second-order valence-corrected chi connectivity index (χ2v) is 7.53. The number of amides is 2. The highest BCUT2D eigenvalue weighted by atomic mass is 16.5. The first-order valence-corrected chi connectivity index (χ1v) is 9.76. The summed E-state index contributed by atoms with van der Waals surface area (Å²) < 4.78 is 6.07. The molecule has 1 aliphatic heterocycles. The molecule has 0 spiro atoms. The molecule has 1 atom stereocenters. The van der Waals surface area contributed by atoms with Crippen molar-refractivity contribution in [3.05, 3.63) is 54.4 Å². The summed E-state index contributed by atoms with van der Waals surface area (Å²) in [4.78, 5) is 31.6. The van der Waals surface area contributed by atoms with Crippen molar-refractivity contribution < 1.29 is 14.3 Å². The van der Waals surface area contributed by atoms with Crippen LogP contribution in [0.2, 0.25) is 0 Å². The normalized spacial score (nSPS) is 22.0. The number of nitrogens with zero attached hydrogens (tertiary/aromatic N) is 2. The molecule has 2 heterocycles. The van der Waals surface area contributed by atoms with Gasteiger partial charge in [-0.1, -0.05) is 30.3 Å². The largest absolute Gasteiger partial charge is 0.361 e. The molecule has 1 aromatic heterocycles. The average molecular weight is 379 g/mol. The summed E-state index contributed by atoms with van der Waals surface area (Å²) in [6.07, 6.45) is 5.85. The molecule has 1 aromatic carbocycles. The van der Waals surface area contributed by atoms with Gasteiger partial charge in [0.05, 0.1) is 13.2 Å². The zero-order valence-electron chi connectivity index (χ0n) is 16.1. The molecule has 0 bridgehead atoms. The van der Waals surface area contributed by atoms with E-state index in [0.717, 1.165) is 29.5 Å². The maximum atomic E-state index is 12.9. The maximum Gasteiger partial charge on any atom is 0.254 e.